The van der Waals surface area contributed by atoms with Gasteiger partial charge in [0.2, 0.25) is 0 Å². The maximum atomic E-state index is 12.5. The molecule has 0 spiro atoms. The Morgan fingerprint density at radius 1 is 1.04 bits per heavy atom. The first-order chi connectivity index (χ1) is 11.6. The summed E-state index contributed by atoms with van der Waals surface area (Å²) in [6.07, 6.45) is 0. The van der Waals surface area contributed by atoms with E-state index in [1.807, 2.05) is 18.2 Å². The Morgan fingerprint density at radius 2 is 1.79 bits per heavy atom. The number of anilines is 1. The molecule has 1 aliphatic rings. The molecule has 6 heteroatoms. The van der Waals surface area contributed by atoms with Gasteiger partial charge in [0.15, 0.2) is 0 Å². The van der Waals surface area contributed by atoms with Crippen molar-refractivity contribution in [3.05, 3.63) is 63.2 Å². The molecule has 0 aliphatic carbocycles. The maximum absolute atomic E-state index is 12.5. The molecular weight excluding hydrogens is 419 g/mol. The first kappa shape index (κ1) is 16.9. The minimum Gasteiger partial charge on any atom is -0.378 e. The number of amides is 2. The number of halogens is 1. The van der Waals surface area contributed by atoms with E-state index in [1.165, 1.54) is 0 Å². The van der Waals surface area contributed by atoms with Crippen LogP contribution in [-0.2, 0) is 4.74 Å². The Morgan fingerprint density at radius 3 is 2.54 bits per heavy atom. The SMILES string of the molecule is O=C(Nc1cccc(C(=O)N2CCOCC2)c1)c1ccccc1I. The number of benzene rings is 2. The van der Waals surface area contributed by atoms with Gasteiger partial charge in [-0.15, -0.1) is 0 Å². The summed E-state index contributed by atoms with van der Waals surface area (Å²) < 4.78 is 6.15. The van der Waals surface area contributed by atoms with Gasteiger partial charge in [0.05, 0.1) is 18.8 Å². The molecule has 3 rings (SSSR count). The van der Waals surface area contributed by atoms with Gasteiger partial charge in [-0.3, -0.25) is 9.59 Å². The molecule has 2 aromatic rings. The summed E-state index contributed by atoms with van der Waals surface area (Å²) in [7, 11) is 0. The molecular formula is C18H17IN2O3. The third kappa shape index (κ3) is 3.93. The topological polar surface area (TPSA) is 58.6 Å². The lowest BCUT2D eigenvalue weighted by atomic mass is 10.1. The fourth-order valence-electron chi connectivity index (χ4n) is 2.52. The van der Waals surface area contributed by atoms with Crippen LogP contribution in [0, 0.1) is 3.57 Å². The third-order valence-electron chi connectivity index (χ3n) is 3.78. The zero-order valence-electron chi connectivity index (χ0n) is 13.0. The van der Waals surface area contributed by atoms with Crippen molar-refractivity contribution < 1.29 is 14.3 Å². The normalized spacial score (nSPS) is 14.3. The standard InChI is InChI=1S/C18H17IN2O3/c19-16-7-2-1-6-15(16)17(22)20-14-5-3-4-13(12-14)18(23)21-8-10-24-11-9-21/h1-7,12H,8-11H2,(H,20,22). The predicted octanol–water partition coefficient (Wildman–Crippen LogP) is 3.02. The summed E-state index contributed by atoms with van der Waals surface area (Å²) in [5, 5.41) is 2.86. The highest BCUT2D eigenvalue weighted by molar-refractivity contribution is 14.1. The third-order valence-corrected chi connectivity index (χ3v) is 4.72. The van der Waals surface area contributed by atoms with Crippen molar-refractivity contribution in [3.63, 3.8) is 0 Å². The quantitative estimate of drug-likeness (QED) is 0.753. The van der Waals surface area contributed by atoms with E-state index in [2.05, 4.69) is 27.9 Å². The molecule has 124 valence electrons. The monoisotopic (exact) mass is 436 g/mol. The summed E-state index contributed by atoms with van der Waals surface area (Å²) >= 11 is 2.13. The van der Waals surface area contributed by atoms with E-state index in [1.54, 1.807) is 35.2 Å². The number of nitrogens with zero attached hydrogens (tertiary/aromatic N) is 1. The highest BCUT2D eigenvalue weighted by atomic mass is 127. The van der Waals surface area contributed by atoms with E-state index in [0.29, 0.717) is 43.1 Å². The number of morpholine rings is 1. The minimum atomic E-state index is -0.184. The Bertz CT molecular complexity index is 757. The number of rotatable bonds is 3. The molecule has 0 unspecified atom stereocenters. The largest absolute Gasteiger partial charge is 0.378 e. The molecule has 0 bridgehead atoms. The fourth-order valence-corrected chi connectivity index (χ4v) is 3.16. The van der Waals surface area contributed by atoms with Gasteiger partial charge in [0, 0.05) is 27.9 Å². The summed E-state index contributed by atoms with van der Waals surface area (Å²) in [5.41, 5.74) is 1.79. The lowest BCUT2D eigenvalue weighted by Gasteiger charge is -2.27. The van der Waals surface area contributed by atoms with Crippen molar-refractivity contribution in [1.29, 1.82) is 0 Å². The van der Waals surface area contributed by atoms with Crippen LogP contribution in [0.5, 0.6) is 0 Å². The van der Waals surface area contributed by atoms with Gasteiger partial charge in [-0.05, 0) is 52.9 Å². The van der Waals surface area contributed by atoms with Crippen molar-refractivity contribution in [2.45, 2.75) is 0 Å². The second kappa shape index (κ2) is 7.76. The first-order valence-corrected chi connectivity index (χ1v) is 8.76. The Balaban J connectivity index is 1.74. The number of ether oxygens (including phenoxy) is 1. The smallest absolute Gasteiger partial charge is 0.256 e. The van der Waals surface area contributed by atoms with Crippen LogP contribution >= 0.6 is 22.6 Å². The average molecular weight is 436 g/mol. The molecule has 1 fully saturated rings. The van der Waals surface area contributed by atoms with Gasteiger partial charge >= 0.3 is 0 Å². The Hall–Kier alpha value is -1.93. The molecule has 2 aromatic carbocycles. The molecule has 1 aliphatic heterocycles. The van der Waals surface area contributed by atoms with Crippen LogP contribution in [0.3, 0.4) is 0 Å². The Labute approximate surface area is 154 Å². The van der Waals surface area contributed by atoms with Gasteiger partial charge in [0.1, 0.15) is 0 Å². The highest BCUT2D eigenvalue weighted by Gasteiger charge is 2.19. The van der Waals surface area contributed by atoms with E-state index in [-0.39, 0.29) is 11.8 Å². The van der Waals surface area contributed by atoms with Crippen molar-refractivity contribution in [2.75, 3.05) is 31.6 Å². The summed E-state index contributed by atoms with van der Waals surface area (Å²) in [5.74, 6) is -0.223. The summed E-state index contributed by atoms with van der Waals surface area (Å²) in [4.78, 5) is 26.7. The van der Waals surface area contributed by atoms with Gasteiger partial charge in [0.25, 0.3) is 11.8 Å². The summed E-state index contributed by atoms with van der Waals surface area (Å²) in [6.45, 7) is 2.32. The first-order valence-electron chi connectivity index (χ1n) is 7.68. The molecule has 0 radical (unpaired) electrons. The second-order valence-electron chi connectivity index (χ2n) is 5.42. The minimum absolute atomic E-state index is 0.0382. The second-order valence-corrected chi connectivity index (χ2v) is 6.58. The number of carbonyl (C=O) groups is 2. The zero-order valence-corrected chi connectivity index (χ0v) is 15.2. The molecule has 24 heavy (non-hydrogen) atoms. The molecule has 5 nitrogen and oxygen atoms in total. The van der Waals surface area contributed by atoms with Gasteiger partial charge < -0.3 is 15.0 Å². The summed E-state index contributed by atoms with van der Waals surface area (Å²) in [6, 6.07) is 14.4. The van der Waals surface area contributed by atoms with E-state index in [0.717, 1.165) is 3.57 Å². The molecule has 1 N–H and O–H groups in total. The van der Waals surface area contributed by atoms with E-state index in [9.17, 15) is 9.59 Å². The number of hydrogen-bond acceptors (Lipinski definition) is 3. The van der Waals surface area contributed by atoms with Crippen molar-refractivity contribution in [1.82, 2.24) is 4.90 Å². The van der Waals surface area contributed by atoms with Crippen molar-refractivity contribution in [3.8, 4) is 0 Å². The molecule has 1 saturated heterocycles. The number of nitrogens with one attached hydrogen (secondary N) is 1. The molecule has 2 amide bonds. The maximum Gasteiger partial charge on any atom is 0.256 e. The average Bonchev–Trinajstić information content (AvgIpc) is 2.62. The molecule has 0 aromatic heterocycles. The number of carbonyl (C=O) groups excluding carboxylic acids is 2. The molecule has 0 atom stereocenters. The van der Waals surface area contributed by atoms with Crippen LogP contribution in [0.15, 0.2) is 48.5 Å². The predicted molar refractivity (Wildman–Crippen MR) is 100 cm³/mol. The fraction of sp³-hybridized carbons (Fsp3) is 0.222. The van der Waals surface area contributed by atoms with Gasteiger partial charge in [-0.1, -0.05) is 18.2 Å². The van der Waals surface area contributed by atoms with Crippen LogP contribution in [0.2, 0.25) is 0 Å². The Kier molecular flexibility index (Phi) is 5.47. The van der Waals surface area contributed by atoms with E-state index >= 15 is 0 Å². The zero-order chi connectivity index (χ0) is 16.9. The van der Waals surface area contributed by atoms with Crippen LogP contribution in [0.1, 0.15) is 20.7 Å². The van der Waals surface area contributed by atoms with Gasteiger partial charge in [-0.25, -0.2) is 0 Å². The molecule has 1 heterocycles. The lowest BCUT2D eigenvalue weighted by Crippen LogP contribution is -2.40. The van der Waals surface area contributed by atoms with E-state index in [4.69, 9.17) is 4.74 Å². The van der Waals surface area contributed by atoms with Crippen LogP contribution in [-0.4, -0.2) is 43.0 Å². The van der Waals surface area contributed by atoms with Gasteiger partial charge in [-0.2, -0.15) is 0 Å². The van der Waals surface area contributed by atoms with E-state index < -0.39 is 0 Å². The van der Waals surface area contributed by atoms with Crippen molar-refractivity contribution >= 4 is 40.1 Å². The van der Waals surface area contributed by atoms with Crippen LogP contribution in [0.25, 0.3) is 0 Å². The van der Waals surface area contributed by atoms with Crippen LogP contribution in [0.4, 0.5) is 5.69 Å². The lowest BCUT2D eigenvalue weighted by molar-refractivity contribution is 0.0303. The molecule has 0 saturated carbocycles. The highest BCUT2D eigenvalue weighted by Crippen LogP contribution is 2.17. The number of hydrogen-bond donors (Lipinski definition) is 1. The van der Waals surface area contributed by atoms with Crippen LogP contribution < -0.4 is 5.32 Å². The van der Waals surface area contributed by atoms with Crippen molar-refractivity contribution in [2.24, 2.45) is 0 Å².